The van der Waals surface area contributed by atoms with Crippen molar-refractivity contribution >= 4 is 0 Å². The normalized spacial score (nSPS) is 21.9. The first kappa shape index (κ1) is 15.5. The van der Waals surface area contributed by atoms with E-state index in [1.165, 1.54) is 30.4 Å². The van der Waals surface area contributed by atoms with E-state index in [2.05, 4.69) is 36.1 Å². The zero-order valence-corrected chi connectivity index (χ0v) is 12.6. The molecule has 3 nitrogen and oxygen atoms in total. The van der Waals surface area contributed by atoms with Gasteiger partial charge in [0.1, 0.15) is 0 Å². The van der Waals surface area contributed by atoms with Crippen LogP contribution in [0.4, 0.5) is 0 Å². The second-order valence-corrected chi connectivity index (χ2v) is 5.95. The summed E-state index contributed by atoms with van der Waals surface area (Å²) in [6, 6.07) is 9.07. The molecule has 2 unspecified atom stereocenters. The van der Waals surface area contributed by atoms with Crippen LogP contribution in [0.1, 0.15) is 49.3 Å². The fourth-order valence-electron chi connectivity index (χ4n) is 3.29. The summed E-state index contributed by atoms with van der Waals surface area (Å²) in [7, 11) is 0. The highest BCUT2D eigenvalue weighted by atomic mass is 16.3. The van der Waals surface area contributed by atoms with Gasteiger partial charge in [-0.15, -0.1) is 0 Å². The minimum atomic E-state index is 0.118. The van der Waals surface area contributed by atoms with Gasteiger partial charge in [0.2, 0.25) is 0 Å². The molecule has 0 saturated carbocycles. The Hall–Kier alpha value is -0.900. The highest BCUT2D eigenvalue weighted by molar-refractivity contribution is 5.28. The van der Waals surface area contributed by atoms with Gasteiger partial charge in [-0.25, -0.2) is 0 Å². The Balaban J connectivity index is 1.88. The molecule has 0 radical (unpaired) electrons. The fourth-order valence-corrected chi connectivity index (χ4v) is 3.29. The maximum absolute atomic E-state index is 9.18. The average molecular weight is 276 g/mol. The number of hydrogen-bond donors (Lipinski definition) is 2. The lowest BCUT2D eigenvalue weighted by Crippen LogP contribution is -2.41. The fraction of sp³-hybridized carbons (Fsp3) is 0.647. The van der Waals surface area contributed by atoms with Gasteiger partial charge in [-0.1, -0.05) is 30.7 Å². The third-order valence-electron chi connectivity index (χ3n) is 4.53. The van der Waals surface area contributed by atoms with Crippen LogP contribution in [-0.4, -0.2) is 35.7 Å². The van der Waals surface area contributed by atoms with Gasteiger partial charge in [0.25, 0.3) is 0 Å². The van der Waals surface area contributed by atoms with E-state index in [0.29, 0.717) is 12.6 Å². The van der Waals surface area contributed by atoms with Crippen LogP contribution >= 0.6 is 0 Å². The standard InChI is InChI=1S/C17H28N2O/c1-14-6-2-3-8-16(14)17(18)9-12-19-11-5-4-7-15(19)10-13-20/h2-3,6,8,15,17,20H,4-5,7,9-13,18H2,1H3. The predicted molar refractivity (Wildman–Crippen MR) is 83.6 cm³/mol. The number of nitrogens with two attached hydrogens (primary N) is 1. The molecule has 2 rings (SSSR count). The molecule has 0 amide bonds. The highest BCUT2D eigenvalue weighted by Crippen LogP contribution is 2.23. The van der Waals surface area contributed by atoms with Crippen LogP contribution in [0, 0.1) is 6.92 Å². The van der Waals surface area contributed by atoms with Crippen LogP contribution in [0.2, 0.25) is 0 Å². The Kier molecular flexibility index (Phi) is 6.02. The summed E-state index contributed by atoms with van der Waals surface area (Å²) in [5, 5.41) is 9.18. The number of nitrogens with zero attached hydrogens (tertiary/aromatic N) is 1. The summed E-state index contributed by atoms with van der Waals surface area (Å²) in [6.07, 6.45) is 5.69. The first-order valence-electron chi connectivity index (χ1n) is 7.88. The molecule has 3 heteroatoms. The number of rotatable bonds is 6. The summed E-state index contributed by atoms with van der Waals surface area (Å²) >= 11 is 0. The molecule has 1 heterocycles. The van der Waals surface area contributed by atoms with Crippen molar-refractivity contribution < 1.29 is 5.11 Å². The van der Waals surface area contributed by atoms with E-state index in [1.807, 2.05) is 0 Å². The lowest BCUT2D eigenvalue weighted by atomic mass is 9.96. The SMILES string of the molecule is Cc1ccccc1C(N)CCN1CCCCC1CCO. The third kappa shape index (κ3) is 4.05. The van der Waals surface area contributed by atoms with Gasteiger partial charge in [-0.3, -0.25) is 0 Å². The molecule has 1 aromatic rings. The second-order valence-electron chi connectivity index (χ2n) is 5.95. The van der Waals surface area contributed by atoms with E-state index in [4.69, 9.17) is 5.73 Å². The van der Waals surface area contributed by atoms with Crippen LogP contribution in [-0.2, 0) is 0 Å². The van der Waals surface area contributed by atoms with Crippen LogP contribution in [0.5, 0.6) is 0 Å². The van der Waals surface area contributed by atoms with Crippen molar-refractivity contribution in [3.8, 4) is 0 Å². The molecule has 0 aromatic heterocycles. The molecule has 1 fully saturated rings. The Morgan fingerprint density at radius 3 is 2.90 bits per heavy atom. The van der Waals surface area contributed by atoms with E-state index < -0.39 is 0 Å². The summed E-state index contributed by atoms with van der Waals surface area (Å²) in [6.45, 7) is 4.63. The monoisotopic (exact) mass is 276 g/mol. The van der Waals surface area contributed by atoms with Gasteiger partial charge in [-0.05, 0) is 50.3 Å². The van der Waals surface area contributed by atoms with Crippen molar-refractivity contribution in [2.45, 2.75) is 51.1 Å². The Morgan fingerprint density at radius 2 is 2.15 bits per heavy atom. The second kappa shape index (κ2) is 7.77. The number of piperidine rings is 1. The van der Waals surface area contributed by atoms with Crippen LogP contribution in [0.25, 0.3) is 0 Å². The van der Waals surface area contributed by atoms with E-state index in [0.717, 1.165) is 25.9 Å². The van der Waals surface area contributed by atoms with Crippen molar-refractivity contribution in [2.75, 3.05) is 19.7 Å². The first-order chi connectivity index (χ1) is 9.72. The lowest BCUT2D eigenvalue weighted by molar-refractivity contribution is 0.116. The Labute approximate surface area is 122 Å². The molecular weight excluding hydrogens is 248 g/mol. The van der Waals surface area contributed by atoms with Gasteiger partial charge in [0.05, 0.1) is 0 Å². The molecule has 1 aromatic carbocycles. The van der Waals surface area contributed by atoms with Crippen molar-refractivity contribution in [3.63, 3.8) is 0 Å². The quantitative estimate of drug-likeness (QED) is 0.839. The maximum atomic E-state index is 9.18. The van der Waals surface area contributed by atoms with E-state index in [1.54, 1.807) is 0 Å². The smallest absolute Gasteiger partial charge is 0.0445 e. The third-order valence-corrected chi connectivity index (χ3v) is 4.53. The number of aryl methyl sites for hydroxylation is 1. The molecule has 1 aliphatic heterocycles. The average Bonchev–Trinajstić information content (AvgIpc) is 2.47. The van der Waals surface area contributed by atoms with Crippen molar-refractivity contribution in [1.82, 2.24) is 4.90 Å². The highest BCUT2D eigenvalue weighted by Gasteiger charge is 2.22. The zero-order chi connectivity index (χ0) is 14.4. The topological polar surface area (TPSA) is 49.5 Å². The lowest BCUT2D eigenvalue weighted by Gasteiger charge is -2.36. The minimum Gasteiger partial charge on any atom is -0.396 e. The molecule has 112 valence electrons. The van der Waals surface area contributed by atoms with Crippen LogP contribution in [0.15, 0.2) is 24.3 Å². The molecule has 1 saturated heterocycles. The largest absolute Gasteiger partial charge is 0.396 e. The summed E-state index contributed by atoms with van der Waals surface area (Å²) in [5.41, 5.74) is 8.91. The molecule has 0 bridgehead atoms. The molecular formula is C17H28N2O. The maximum Gasteiger partial charge on any atom is 0.0445 e. The van der Waals surface area contributed by atoms with Crippen molar-refractivity contribution in [2.24, 2.45) is 5.73 Å². The van der Waals surface area contributed by atoms with Gasteiger partial charge in [-0.2, -0.15) is 0 Å². The molecule has 20 heavy (non-hydrogen) atoms. The van der Waals surface area contributed by atoms with Gasteiger partial charge >= 0.3 is 0 Å². The van der Waals surface area contributed by atoms with Gasteiger partial charge in [0, 0.05) is 25.2 Å². The molecule has 0 spiro atoms. The number of hydrogen-bond acceptors (Lipinski definition) is 3. The van der Waals surface area contributed by atoms with Gasteiger partial charge in [0.15, 0.2) is 0 Å². The molecule has 3 N–H and O–H groups in total. The van der Waals surface area contributed by atoms with E-state index in [-0.39, 0.29) is 6.04 Å². The van der Waals surface area contributed by atoms with E-state index >= 15 is 0 Å². The Morgan fingerprint density at radius 1 is 1.35 bits per heavy atom. The molecule has 2 atom stereocenters. The van der Waals surface area contributed by atoms with Crippen molar-refractivity contribution in [3.05, 3.63) is 35.4 Å². The summed E-state index contributed by atoms with van der Waals surface area (Å²) in [5.74, 6) is 0. The number of aliphatic hydroxyl groups excluding tert-OH is 1. The van der Waals surface area contributed by atoms with E-state index in [9.17, 15) is 5.11 Å². The predicted octanol–water partition coefficient (Wildman–Crippen LogP) is 2.62. The Bertz CT molecular complexity index is 406. The minimum absolute atomic E-state index is 0.118. The number of likely N-dealkylation sites (tertiary alicyclic amines) is 1. The van der Waals surface area contributed by atoms with Crippen LogP contribution in [0.3, 0.4) is 0 Å². The molecule has 0 aliphatic carbocycles. The number of aliphatic hydroxyl groups is 1. The van der Waals surface area contributed by atoms with Crippen molar-refractivity contribution in [1.29, 1.82) is 0 Å². The zero-order valence-electron chi connectivity index (χ0n) is 12.6. The van der Waals surface area contributed by atoms with Crippen LogP contribution < -0.4 is 5.73 Å². The first-order valence-corrected chi connectivity index (χ1v) is 7.88. The molecule has 1 aliphatic rings. The summed E-state index contributed by atoms with van der Waals surface area (Å²) in [4.78, 5) is 2.53. The number of benzene rings is 1. The summed E-state index contributed by atoms with van der Waals surface area (Å²) < 4.78 is 0. The van der Waals surface area contributed by atoms with Gasteiger partial charge < -0.3 is 15.7 Å².